The van der Waals surface area contributed by atoms with Gasteiger partial charge in [-0.3, -0.25) is 6.08 Å². The number of rotatable bonds is 5. The van der Waals surface area contributed by atoms with Crippen molar-refractivity contribution in [3.8, 4) is 0 Å². The van der Waals surface area contributed by atoms with E-state index >= 15 is 0 Å². The van der Waals surface area contributed by atoms with E-state index in [-0.39, 0.29) is 26.2 Å². The third-order valence-electron chi connectivity index (χ3n) is 2.14. The molecule has 0 aromatic heterocycles. The Hall–Kier alpha value is 0.243. The Bertz CT molecular complexity index is 211. The van der Waals surface area contributed by atoms with E-state index in [1.54, 1.807) is 0 Å². The average molecular weight is 387 g/mol. The van der Waals surface area contributed by atoms with Crippen LogP contribution in [0, 0.1) is 12.0 Å². The summed E-state index contributed by atoms with van der Waals surface area (Å²) in [4.78, 5) is 0. The molecule has 0 fully saturated rings. The molecule has 0 aromatic carbocycles. The Morgan fingerprint density at radius 3 is 1.50 bits per heavy atom. The molecular formula is C18H37N3Zr. The van der Waals surface area contributed by atoms with Crippen molar-refractivity contribution in [2.24, 2.45) is 5.92 Å². The Labute approximate surface area is 159 Å². The van der Waals surface area contributed by atoms with Gasteiger partial charge in [0.15, 0.2) is 0 Å². The maximum Gasteiger partial charge on any atom is 4.00 e. The van der Waals surface area contributed by atoms with Crippen LogP contribution in [-0.2, 0) is 26.2 Å². The molecule has 0 heterocycles. The molecule has 4 heteroatoms. The van der Waals surface area contributed by atoms with Crippen molar-refractivity contribution in [2.75, 3.05) is 19.6 Å². The SMILES string of the molecule is CC(C)CC1=[C-]CC=C1.CCC[NH-].CCC[NH-].CCC[NH-].[Zr+4]. The summed E-state index contributed by atoms with van der Waals surface area (Å²) in [6.07, 6.45) is 12.8. The Morgan fingerprint density at radius 2 is 1.32 bits per heavy atom. The van der Waals surface area contributed by atoms with Gasteiger partial charge in [0, 0.05) is 0 Å². The van der Waals surface area contributed by atoms with Gasteiger partial charge in [0.1, 0.15) is 0 Å². The van der Waals surface area contributed by atoms with Gasteiger partial charge >= 0.3 is 26.2 Å². The largest absolute Gasteiger partial charge is 4.00 e. The van der Waals surface area contributed by atoms with Crippen LogP contribution in [0.4, 0.5) is 0 Å². The predicted octanol–water partition coefficient (Wildman–Crippen LogP) is 7.07. The Balaban J connectivity index is -0.000000107. The second-order valence-corrected chi connectivity index (χ2v) is 5.16. The number of hydrogen-bond acceptors (Lipinski definition) is 0. The molecule has 0 amide bonds. The van der Waals surface area contributed by atoms with E-state index in [1.807, 2.05) is 20.8 Å². The summed E-state index contributed by atoms with van der Waals surface area (Å²) in [5.74, 6) is 0.773. The molecule has 1 rings (SSSR count). The van der Waals surface area contributed by atoms with E-state index in [2.05, 4.69) is 32.1 Å². The molecule has 0 bridgehead atoms. The van der Waals surface area contributed by atoms with Gasteiger partial charge in [-0.25, -0.2) is 11.6 Å². The number of allylic oxidation sites excluding steroid dienone is 4. The van der Waals surface area contributed by atoms with E-state index in [4.69, 9.17) is 17.2 Å². The molecular weight excluding hydrogens is 349 g/mol. The first kappa shape index (κ1) is 30.2. The predicted molar refractivity (Wildman–Crippen MR) is 98.4 cm³/mol. The van der Waals surface area contributed by atoms with Crippen molar-refractivity contribution in [3.63, 3.8) is 0 Å². The minimum Gasteiger partial charge on any atom is -0.677 e. The van der Waals surface area contributed by atoms with E-state index in [1.165, 1.54) is 12.0 Å². The van der Waals surface area contributed by atoms with Crippen molar-refractivity contribution in [1.29, 1.82) is 0 Å². The quantitative estimate of drug-likeness (QED) is 0.453. The molecule has 0 unspecified atom stereocenters. The second kappa shape index (κ2) is 29.3. The van der Waals surface area contributed by atoms with Gasteiger partial charge in [-0.15, -0.1) is 6.42 Å². The van der Waals surface area contributed by atoms with E-state index < -0.39 is 0 Å². The summed E-state index contributed by atoms with van der Waals surface area (Å²) in [6.45, 7) is 12.2. The van der Waals surface area contributed by atoms with E-state index in [9.17, 15) is 0 Å². The van der Waals surface area contributed by atoms with Crippen LogP contribution in [-0.4, -0.2) is 19.6 Å². The van der Waals surface area contributed by atoms with Gasteiger partial charge in [0.2, 0.25) is 0 Å². The first-order chi connectivity index (χ1) is 10.0. The minimum atomic E-state index is 0. The van der Waals surface area contributed by atoms with Gasteiger partial charge in [0.25, 0.3) is 0 Å². The summed E-state index contributed by atoms with van der Waals surface area (Å²) >= 11 is 0. The summed E-state index contributed by atoms with van der Waals surface area (Å²) < 4.78 is 0. The Morgan fingerprint density at radius 1 is 0.955 bits per heavy atom. The summed E-state index contributed by atoms with van der Waals surface area (Å²) in [6, 6.07) is 0. The Kier molecular flexibility index (Phi) is 40.1. The average Bonchev–Trinajstić information content (AvgIpc) is 3.00. The van der Waals surface area contributed by atoms with Crippen molar-refractivity contribution >= 4 is 0 Å². The molecule has 0 spiro atoms. The van der Waals surface area contributed by atoms with Crippen LogP contribution in [0.25, 0.3) is 17.2 Å². The minimum absolute atomic E-state index is 0. The molecule has 0 saturated carbocycles. The third-order valence-corrected chi connectivity index (χ3v) is 2.14. The molecule has 3 nitrogen and oxygen atoms in total. The monoisotopic (exact) mass is 385 g/mol. The van der Waals surface area contributed by atoms with E-state index in [0.29, 0.717) is 19.6 Å². The summed E-state index contributed by atoms with van der Waals surface area (Å²) in [7, 11) is 0. The number of nitrogens with one attached hydrogen (secondary N) is 3. The van der Waals surface area contributed by atoms with Gasteiger partial charge in [-0.2, -0.15) is 25.7 Å². The molecule has 0 radical (unpaired) electrons. The van der Waals surface area contributed by atoms with Crippen LogP contribution in [0.3, 0.4) is 0 Å². The van der Waals surface area contributed by atoms with Gasteiger partial charge in [-0.1, -0.05) is 60.3 Å². The maximum atomic E-state index is 6.45. The molecule has 0 aliphatic heterocycles. The van der Waals surface area contributed by atoms with Crippen LogP contribution < -0.4 is 0 Å². The first-order valence-electron chi connectivity index (χ1n) is 8.23. The number of hydrogen-bond donors (Lipinski definition) is 0. The van der Waals surface area contributed by atoms with Crippen molar-refractivity contribution in [1.82, 2.24) is 0 Å². The second-order valence-electron chi connectivity index (χ2n) is 5.16. The van der Waals surface area contributed by atoms with Crippen LogP contribution in [0.2, 0.25) is 0 Å². The third kappa shape index (κ3) is 37.0. The van der Waals surface area contributed by atoms with Gasteiger partial charge in [-0.05, 0) is 5.92 Å². The van der Waals surface area contributed by atoms with Crippen LogP contribution >= 0.6 is 0 Å². The van der Waals surface area contributed by atoms with Gasteiger partial charge in [0.05, 0.1) is 0 Å². The van der Waals surface area contributed by atoms with Crippen LogP contribution in [0.5, 0.6) is 0 Å². The molecule has 1 aliphatic rings. The van der Waals surface area contributed by atoms with E-state index in [0.717, 1.165) is 31.6 Å². The smallest absolute Gasteiger partial charge is 0.677 e. The van der Waals surface area contributed by atoms with Crippen molar-refractivity contribution < 1.29 is 26.2 Å². The van der Waals surface area contributed by atoms with Crippen molar-refractivity contribution in [2.45, 2.75) is 66.7 Å². The van der Waals surface area contributed by atoms with Crippen LogP contribution in [0.15, 0.2) is 17.7 Å². The first-order valence-corrected chi connectivity index (χ1v) is 8.23. The van der Waals surface area contributed by atoms with Gasteiger partial charge < -0.3 is 17.2 Å². The summed E-state index contributed by atoms with van der Waals surface area (Å²) in [5, 5.41) is 0. The fourth-order valence-electron chi connectivity index (χ4n) is 1.03. The zero-order chi connectivity index (χ0) is 16.9. The molecule has 0 atom stereocenters. The zero-order valence-corrected chi connectivity index (χ0v) is 17.8. The fraction of sp³-hybridized carbons (Fsp3) is 0.778. The molecule has 1 aliphatic carbocycles. The normalized spacial score (nSPS) is 11.0. The van der Waals surface area contributed by atoms with Crippen molar-refractivity contribution in [3.05, 3.63) is 41.0 Å². The standard InChI is InChI=1S/C9H13.3C3H8N.Zr/c1-8(2)7-9-5-3-4-6-9;3*1-2-3-4;/h3,5,8H,4,7H2,1-2H3;3*4H,2-3H2,1H3;/q4*-1;+4. The molecule has 0 saturated heterocycles. The molecule has 128 valence electrons. The molecule has 0 aromatic rings. The topological polar surface area (TPSA) is 71.4 Å². The van der Waals surface area contributed by atoms with Crippen LogP contribution in [0.1, 0.15) is 66.7 Å². The fourth-order valence-corrected chi connectivity index (χ4v) is 1.03. The maximum absolute atomic E-state index is 6.45. The molecule has 3 N–H and O–H groups in total. The summed E-state index contributed by atoms with van der Waals surface area (Å²) in [5.41, 5.74) is 20.7. The zero-order valence-electron chi connectivity index (χ0n) is 15.4. The molecule has 22 heavy (non-hydrogen) atoms.